The number of aromatic nitrogens is 3. The highest BCUT2D eigenvalue weighted by Gasteiger charge is 2.23. The smallest absolute Gasteiger partial charge is 0.175 e. The van der Waals surface area contributed by atoms with Crippen LogP contribution in [0.25, 0.3) is 22.5 Å². The van der Waals surface area contributed by atoms with E-state index in [1.54, 1.807) is 4.80 Å². The van der Waals surface area contributed by atoms with E-state index in [0.717, 1.165) is 24.2 Å². The van der Waals surface area contributed by atoms with E-state index in [2.05, 4.69) is 54.4 Å². The molecule has 118 valence electrons. The number of rotatable bonds is 2. The zero-order valence-electron chi connectivity index (χ0n) is 13.9. The molecule has 0 fully saturated rings. The summed E-state index contributed by atoms with van der Waals surface area (Å²) >= 11 is 0. The van der Waals surface area contributed by atoms with Gasteiger partial charge >= 0.3 is 0 Å². The number of nitrogens with one attached hydrogen (secondary N) is 1. The number of benzene rings is 2. The van der Waals surface area contributed by atoms with Crippen LogP contribution in [0.5, 0.6) is 0 Å². The minimum absolute atomic E-state index is 0.189. The summed E-state index contributed by atoms with van der Waals surface area (Å²) in [4.78, 5) is 1.72. The third-order valence-electron chi connectivity index (χ3n) is 4.91. The lowest BCUT2D eigenvalue weighted by molar-refractivity contribution is 0.556. The van der Waals surface area contributed by atoms with E-state index in [1.165, 1.54) is 33.4 Å². The number of aromatic amines is 1. The van der Waals surface area contributed by atoms with Crippen molar-refractivity contribution < 1.29 is 0 Å². The molecule has 3 aromatic rings. The van der Waals surface area contributed by atoms with Crippen LogP contribution < -0.4 is 5.73 Å². The van der Waals surface area contributed by atoms with Gasteiger partial charge in [-0.2, -0.15) is 0 Å². The van der Waals surface area contributed by atoms with Crippen LogP contribution in [0.3, 0.4) is 0 Å². The standard InChI is InChI=1S/C19H22N4/c1-11-9-13(19-21-23(3)22-19)10-12(2)18(11)16-6-4-5-15-14(16)7-8-17(15)20/h4-6,9-10,17H,7-8,20H2,1-3H3,(H,21,22). The Morgan fingerprint density at radius 3 is 2.57 bits per heavy atom. The van der Waals surface area contributed by atoms with Crippen molar-refractivity contribution in [1.82, 2.24) is 15.0 Å². The second-order valence-electron chi connectivity index (χ2n) is 6.59. The van der Waals surface area contributed by atoms with Crippen LogP contribution in [0.15, 0.2) is 30.3 Å². The van der Waals surface area contributed by atoms with Crippen molar-refractivity contribution in [3.8, 4) is 22.5 Å². The Kier molecular flexibility index (Phi) is 3.16. The first-order valence-electron chi connectivity index (χ1n) is 8.13. The molecule has 0 aliphatic heterocycles. The normalized spacial score (nSPS) is 16.8. The number of aryl methyl sites for hydroxylation is 3. The maximum Gasteiger partial charge on any atom is 0.175 e. The van der Waals surface area contributed by atoms with E-state index < -0.39 is 0 Å². The van der Waals surface area contributed by atoms with Gasteiger partial charge in [0.05, 0.1) is 0 Å². The van der Waals surface area contributed by atoms with E-state index in [1.807, 2.05) is 7.05 Å². The molecule has 0 saturated carbocycles. The maximum atomic E-state index is 6.24. The van der Waals surface area contributed by atoms with Gasteiger partial charge in [-0.3, -0.25) is 5.10 Å². The molecule has 0 spiro atoms. The van der Waals surface area contributed by atoms with Crippen molar-refractivity contribution in [3.63, 3.8) is 0 Å². The minimum atomic E-state index is 0.189. The van der Waals surface area contributed by atoms with Gasteiger partial charge in [-0.15, -0.1) is 5.10 Å². The molecular formula is C19H22N4. The molecule has 1 aromatic heterocycles. The van der Waals surface area contributed by atoms with Gasteiger partial charge in [-0.25, -0.2) is 4.80 Å². The van der Waals surface area contributed by atoms with Crippen LogP contribution >= 0.6 is 0 Å². The summed E-state index contributed by atoms with van der Waals surface area (Å²) in [7, 11) is 1.90. The summed E-state index contributed by atoms with van der Waals surface area (Å²) in [6.45, 7) is 4.37. The van der Waals surface area contributed by atoms with Gasteiger partial charge in [-0.1, -0.05) is 18.2 Å². The van der Waals surface area contributed by atoms with Crippen LogP contribution in [0.4, 0.5) is 0 Å². The monoisotopic (exact) mass is 306 g/mol. The van der Waals surface area contributed by atoms with Gasteiger partial charge in [0.15, 0.2) is 5.82 Å². The fraction of sp³-hybridized carbons (Fsp3) is 0.316. The molecule has 1 heterocycles. The molecule has 0 radical (unpaired) electrons. The Labute approximate surface area is 136 Å². The van der Waals surface area contributed by atoms with E-state index in [0.29, 0.717) is 0 Å². The van der Waals surface area contributed by atoms with E-state index in [9.17, 15) is 0 Å². The first-order chi connectivity index (χ1) is 11.0. The highest BCUT2D eigenvalue weighted by molar-refractivity contribution is 5.78. The molecule has 4 heteroatoms. The van der Waals surface area contributed by atoms with Crippen LogP contribution in [0.1, 0.15) is 34.7 Å². The van der Waals surface area contributed by atoms with Crippen LogP contribution in [0, 0.1) is 13.8 Å². The number of nitrogens with two attached hydrogens (primary N) is 1. The zero-order chi connectivity index (χ0) is 16.1. The van der Waals surface area contributed by atoms with E-state index in [4.69, 9.17) is 5.73 Å². The number of hydrogen-bond donors (Lipinski definition) is 2. The topological polar surface area (TPSA) is 59.6 Å². The predicted octanol–water partition coefficient (Wildman–Crippen LogP) is 3.65. The molecule has 3 N–H and O–H groups in total. The van der Waals surface area contributed by atoms with Gasteiger partial charge in [0.25, 0.3) is 0 Å². The summed E-state index contributed by atoms with van der Waals surface area (Å²) in [6.07, 6.45) is 2.13. The molecule has 4 rings (SSSR count). The fourth-order valence-electron chi connectivity index (χ4n) is 3.87. The maximum absolute atomic E-state index is 6.24. The molecule has 0 bridgehead atoms. The molecule has 1 atom stereocenters. The van der Waals surface area contributed by atoms with E-state index in [-0.39, 0.29) is 6.04 Å². The molecule has 1 aliphatic carbocycles. The molecule has 4 nitrogen and oxygen atoms in total. The van der Waals surface area contributed by atoms with Gasteiger partial charge in [0, 0.05) is 18.7 Å². The first kappa shape index (κ1) is 14.3. The summed E-state index contributed by atoms with van der Waals surface area (Å²) in [5.41, 5.74) is 15.4. The zero-order valence-corrected chi connectivity index (χ0v) is 13.9. The third-order valence-corrected chi connectivity index (χ3v) is 4.91. The minimum Gasteiger partial charge on any atom is -0.324 e. The van der Waals surface area contributed by atoms with Gasteiger partial charge in [-0.05, 0) is 72.2 Å². The van der Waals surface area contributed by atoms with Crippen molar-refractivity contribution in [2.45, 2.75) is 32.7 Å². The second-order valence-corrected chi connectivity index (χ2v) is 6.59. The molecule has 2 aromatic carbocycles. The van der Waals surface area contributed by atoms with Crippen molar-refractivity contribution >= 4 is 0 Å². The number of H-pyrrole nitrogens is 1. The lowest BCUT2D eigenvalue weighted by Gasteiger charge is -2.17. The quantitative estimate of drug-likeness (QED) is 0.759. The van der Waals surface area contributed by atoms with E-state index >= 15 is 0 Å². The Hall–Kier alpha value is -2.33. The summed E-state index contributed by atoms with van der Waals surface area (Å²) in [5.74, 6) is 0.936. The van der Waals surface area contributed by atoms with Crippen molar-refractivity contribution in [3.05, 3.63) is 52.6 Å². The van der Waals surface area contributed by atoms with Crippen LogP contribution in [-0.4, -0.2) is 15.0 Å². The van der Waals surface area contributed by atoms with Crippen LogP contribution in [0.2, 0.25) is 0 Å². The van der Waals surface area contributed by atoms with Gasteiger partial charge in [0.1, 0.15) is 0 Å². The number of fused-ring (bicyclic) bond motifs is 1. The average Bonchev–Trinajstić information content (AvgIpc) is 2.86. The summed E-state index contributed by atoms with van der Waals surface area (Å²) < 4.78 is 0. The molecule has 0 amide bonds. The predicted molar refractivity (Wildman–Crippen MR) is 93.2 cm³/mol. The molecule has 1 unspecified atom stereocenters. The SMILES string of the molecule is Cc1cc(-c2nn(C)[nH]2)cc(C)c1-c1cccc2c1CCC2N. The Balaban J connectivity index is 1.85. The van der Waals surface area contributed by atoms with Crippen molar-refractivity contribution in [2.24, 2.45) is 12.8 Å². The summed E-state index contributed by atoms with van der Waals surface area (Å²) in [5, 5.41) is 7.55. The fourth-order valence-corrected chi connectivity index (χ4v) is 3.87. The van der Waals surface area contributed by atoms with Gasteiger partial charge < -0.3 is 5.73 Å². The van der Waals surface area contributed by atoms with Crippen molar-refractivity contribution in [2.75, 3.05) is 0 Å². The third kappa shape index (κ3) is 2.21. The Bertz CT molecular complexity index is 850. The Morgan fingerprint density at radius 2 is 1.91 bits per heavy atom. The molecule has 1 aliphatic rings. The molecule has 0 saturated heterocycles. The van der Waals surface area contributed by atoms with Crippen molar-refractivity contribution in [1.29, 1.82) is 0 Å². The molecule has 23 heavy (non-hydrogen) atoms. The molecular weight excluding hydrogens is 284 g/mol. The number of hydrogen-bond acceptors (Lipinski definition) is 2. The largest absolute Gasteiger partial charge is 0.324 e. The highest BCUT2D eigenvalue weighted by Crippen LogP contribution is 2.39. The first-order valence-corrected chi connectivity index (χ1v) is 8.13. The lowest BCUT2D eigenvalue weighted by atomic mass is 9.89. The summed E-state index contributed by atoms with van der Waals surface area (Å²) in [6, 6.07) is 11.2. The van der Waals surface area contributed by atoms with Gasteiger partial charge in [0.2, 0.25) is 0 Å². The number of nitrogens with zero attached hydrogens (tertiary/aromatic N) is 2. The Morgan fingerprint density at radius 1 is 1.22 bits per heavy atom. The highest BCUT2D eigenvalue weighted by atomic mass is 15.5. The van der Waals surface area contributed by atoms with Crippen LogP contribution in [-0.2, 0) is 13.5 Å². The second kappa shape index (κ2) is 5.10. The lowest BCUT2D eigenvalue weighted by Crippen LogP contribution is -2.12. The average molecular weight is 306 g/mol.